The fourth-order valence-corrected chi connectivity index (χ4v) is 2.90. The Labute approximate surface area is 120 Å². The van der Waals surface area contributed by atoms with E-state index in [2.05, 4.69) is 10.2 Å². The van der Waals surface area contributed by atoms with Gasteiger partial charge >= 0.3 is 0 Å². The van der Waals surface area contributed by atoms with Gasteiger partial charge in [-0.05, 0) is 50.4 Å². The second-order valence-electron chi connectivity index (χ2n) is 5.63. The number of aliphatic hydroxyl groups excluding tert-OH is 1. The summed E-state index contributed by atoms with van der Waals surface area (Å²) in [5, 5.41) is 12.2. The third-order valence-electron chi connectivity index (χ3n) is 3.94. The van der Waals surface area contributed by atoms with Gasteiger partial charge in [0.15, 0.2) is 0 Å². The molecule has 1 saturated heterocycles. The summed E-state index contributed by atoms with van der Waals surface area (Å²) in [6.45, 7) is 3.84. The Hall–Kier alpha value is -1.39. The van der Waals surface area contributed by atoms with Gasteiger partial charge in [-0.25, -0.2) is 0 Å². The molecule has 4 heteroatoms. The van der Waals surface area contributed by atoms with Gasteiger partial charge in [0.25, 0.3) is 5.91 Å². The molecule has 0 saturated carbocycles. The summed E-state index contributed by atoms with van der Waals surface area (Å²) in [4.78, 5) is 13.9. The van der Waals surface area contributed by atoms with Crippen molar-refractivity contribution < 1.29 is 9.90 Å². The van der Waals surface area contributed by atoms with Crippen LogP contribution in [0.3, 0.4) is 0 Å². The normalized spacial score (nSPS) is 20.9. The molecule has 1 fully saturated rings. The van der Waals surface area contributed by atoms with E-state index in [9.17, 15) is 9.90 Å². The monoisotopic (exact) mass is 276 g/mol. The van der Waals surface area contributed by atoms with E-state index in [1.807, 2.05) is 31.2 Å². The van der Waals surface area contributed by atoms with Crippen LogP contribution in [0.5, 0.6) is 0 Å². The first kappa shape index (κ1) is 15.0. The maximum atomic E-state index is 11.5. The van der Waals surface area contributed by atoms with Crippen LogP contribution in [0, 0.1) is 0 Å². The molecule has 2 rings (SSSR count). The van der Waals surface area contributed by atoms with Crippen LogP contribution in [0.1, 0.15) is 42.1 Å². The summed E-state index contributed by atoms with van der Waals surface area (Å²) in [7, 11) is 1.64. The highest BCUT2D eigenvalue weighted by Crippen LogP contribution is 2.23. The predicted molar refractivity (Wildman–Crippen MR) is 79.6 cm³/mol. The number of rotatable bonds is 5. The van der Waals surface area contributed by atoms with Crippen molar-refractivity contribution in [2.45, 2.75) is 44.9 Å². The molecular formula is C16H24N2O2. The summed E-state index contributed by atoms with van der Waals surface area (Å²) >= 11 is 0. The number of carbonyl (C=O) groups excluding carboxylic acids is 1. The second-order valence-corrected chi connectivity index (χ2v) is 5.63. The molecule has 20 heavy (non-hydrogen) atoms. The molecule has 1 aromatic carbocycles. The molecule has 0 aromatic heterocycles. The molecule has 0 radical (unpaired) electrons. The van der Waals surface area contributed by atoms with E-state index in [-0.39, 0.29) is 12.0 Å². The van der Waals surface area contributed by atoms with Gasteiger partial charge in [0, 0.05) is 25.2 Å². The van der Waals surface area contributed by atoms with E-state index in [0.717, 1.165) is 19.5 Å². The molecule has 0 spiro atoms. The van der Waals surface area contributed by atoms with Gasteiger partial charge in [-0.15, -0.1) is 0 Å². The van der Waals surface area contributed by atoms with E-state index in [1.54, 1.807) is 7.05 Å². The van der Waals surface area contributed by atoms with Gasteiger partial charge in [-0.2, -0.15) is 0 Å². The molecule has 2 unspecified atom stereocenters. The van der Waals surface area contributed by atoms with Gasteiger partial charge in [-0.3, -0.25) is 9.69 Å². The largest absolute Gasteiger partial charge is 0.393 e. The van der Waals surface area contributed by atoms with Crippen molar-refractivity contribution in [1.29, 1.82) is 0 Å². The zero-order chi connectivity index (χ0) is 14.5. The van der Waals surface area contributed by atoms with Crippen molar-refractivity contribution in [2.75, 3.05) is 13.6 Å². The smallest absolute Gasteiger partial charge is 0.251 e. The first-order chi connectivity index (χ1) is 9.60. The summed E-state index contributed by atoms with van der Waals surface area (Å²) < 4.78 is 0. The predicted octanol–water partition coefficient (Wildman–Crippen LogP) is 1.78. The van der Waals surface area contributed by atoms with E-state index >= 15 is 0 Å². The number of hydrogen-bond acceptors (Lipinski definition) is 3. The quantitative estimate of drug-likeness (QED) is 0.862. The Kier molecular flexibility index (Phi) is 5.15. The minimum atomic E-state index is -0.240. The second kappa shape index (κ2) is 6.86. The van der Waals surface area contributed by atoms with Crippen molar-refractivity contribution >= 4 is 5.91 Å². The molecule has 4 nitrogen and oxygen atoms in total. The average molecular weight is 276 g/mol. The topological polar surface area (TPSA) is 52.6 Å². The van der Waals surface area contributed by atoms with Crippen LogP contribution in [0.25, 0.3) is 0 Å². The van der Waals surface area contributed by atoms with E-state index in [1.165, 1.54) is 18.4 Å². The molecule has 110 valence electrons. The standard InChI is InChI=1S/C16H24N2O2/c1-12(19)10-15-4-3-9-18(15)11-13-5-7-14(8-6-13)16(20)17-2/h5-8,12,15,19H,3-4,9-11H2,1-2H3,(H,17,20). The molecule has 2 atom stereocenters. The summed E-state index contributed by atoms with van der Waals surface area (Å²) in [5.41, 5.74) is 1.91. The third-order valence-corrected chi connectivity index (χ3v) is 3.94. The summed E-state index contributed by atoms with van der Waals surface area (Å²) in [5.74, 6) is -0.0512. The highest BCUT2D eigenvalue weighted by atomic mass is 16.3. The van der Waals surface area contributed by atoms with Crippen LogP contribution in [-0.2, 0) is 6.54 Å². The zero-order valence-corrected chi connectivity index (χ0v) is 12.3. The molecule has 0 bridgehead atoms. The van der Waals surface area contributed by atoms with Crippen molar-refractivity contribution in [3.63, 3.8) is 0 Å². The number of nitrogens with zero attached hydrogens (tertiary/aromatic N) is 1. The minimum Gasteiger partial charge on any atom is -0.393 e. The van der Waals surface area contributed by atoms with Crippen molar-refractivity contribution in [3.05, 3.63) is 35.4 Å². The number of aliphatic hydroxyl groups is 1. The van der Waals surface area contributed by atoms with Gasteiger partial charge < -0.3 is 10.4 Å². The summed E-state index contributed by atoms with van der Waals surface area (Å²) in [6, 6.07) is 8.25. The van der Waals surface area contributed by atoms with Gasteiger partial charge in [-0.1, -0.05) is 12.1 Å². The lowest BCUT2D eigenvalue weighted by molar-refractivity contribution is 0.0963. The molecule has 1 aliphatic rings. The average Bonchev–Trinajstić information content (AvgIpc) is 2.85. The first-order valence-electron chi connectivity index (χ1n) is 7.33. The lowest BCUT2D eigenvalue weighted by Crippen LogP contribution is -2.31. The van der Waals surface area contributed by atoms with Gasteiger partial charge in [0.1, 0.15) is 0 Å². The Morgan fingerprint density at radius 3 is 2.75 bits per heavy atom. The zero-order valence-electron chi connectivity index (χ0n) is 12.3. The Balaban J connectivity index is 1.97. The minimum absolute atomic E-state index is 0.0512. The van der Waals surface area contributed by atoms with Crippen LogP contribution in [0.15, 0.2) is 24.3 Å². The Bertz CT molecular complexity index is 442. The Morgan fingerprint density at radius 1 is 1.45 bits per heavy atom. The molecule has 1 amide bonds. The van der Waals surface area contributed by atoms with Crippen LogP contribution >= 0.6 is 0 Å². The van der Waals surface area contributed by atoms with E-state index in [4.69, 9.17) is 0 Å². The van der Waals surface area contributed by atoms with Crippen LogP contribution in [0.2, 0.25) is 0 Å². The number of likely N-dealkylation sites (tertiary alicyclic amines) is 1. The molecule has 0 aliphatic carbocycles. The fourth-order valence-electron chi connectivity index (χ4n) is 2.90. The third kappa shape index (κ3) is 3.81. The van der Waals surface area contributed by atoms with Crippen LogP contribution < -0.4 is 5.32 Å². The first-order valence-corrected chi connectivity index (χ1v) is 7.33. The molecule has 2 N–H and O–H groups in total. The Morgan fingerprint density at radius 2 is 2.15 bits per heavy atom. The van der Waals surface area contributed by atoms with E-state index in [0.29, 0.717) is 11.6 Å². The van der Waals surface area contributed by atoms with Gasteiger partial charge in [0.05, 0.1) is 6.10 Å². The summed E-state index contributed by atoms with van der Waals surface area (Å²) in [6.07, 6.45) is 2.97. The lowest BCUT2D eigenvalue weighted by Gasteiger charge is -2.25. The maximum absolute atomic E-state index is 11.5. The number of nitrogens with one attached hydrogen (secondary N) is 1. The molecule has 1 aromatic rings. The molecule has 1 heterocycles. The number of hydrogen-bond donors (Lipinski definition) is 2. The number of benzene rings is 1. The fraction of sp³-hybridized carbons (Fsp3) is 0.562. The lowest BCUT2D eigenvalue weighted by atomic mass is 10.1. The van der Waals surface area contributed by atoms with Crippen molar-refractivity contribution in [3.8, 4) is 0 Å². The molecular weight excluding hydrogens is 252 g/mol. The molecule has 1 aliphatic heterocycles. The highest BCUT2D eigenvalue weighted by molar-refractivity contribution is 5.93. The van der Waals surface area contributed by atoms with Gasteiger partial charge in [0.2, 0.25) is 0 Å². The number of carbonyl (C=O) groups is 1. The van der Waals surface area contributed by atoms with Crippen LogP contribution in [-0.4, -0.2) is 41.7 Å². The SMILES string of the molecule is CNC(=O)c1ccc(CN2CCCC2CC(C)O)cc1. The van der Waals surface area contributed by atoms with Crippen molar-refractivity contribution in [1.82, 2.24) is 10.2 Å². The highest BCUT2D eigenvalue weighted by Gasteiger charge is 2.25. The van der Waals surface area contributed by atoms with E-state index < -0.39 is 0 Å². The van der Waals surface area contributed by atoms with Crippen LogP contribution in [0.4, 0.5) is 0 Å². The maximum Gasteiger partial charge on any atom is 0.251 e. The number of amides is 1. The van der Waals surface area contributed by atoms with Crippen molar-refractivity contribution in [2.24, 2.45) is 0 Å².